The van der Waals surface area contributed by atoms with Crippen molar-refractivity contribution in [3.63, 3.8) is 0 Å². The molecular formula is C13H11FN2O2. The van der Waals surface area contributed by atoms with E-state index in [2.05, 4.69) is 14.7 Å². The minimum absolute atomic E-state index is 0.0194. The number of aromatic nitrogens is 2. The topological polar surface area (TPSA) is 52.1 Å². The predicted molar refractivity (Wildman–Crippen MR) is 63.1 cm³/mol. The molecule has 0 radical (unpaired) electrons. The maximum Gasteiger partial charge on any atom is 0.313 e. The first-order chi connectivity index (χ1) is 8.69. The summed E-state index contributed by atoms with van der Waals surface area (Å²) >= 11 is 0. The summed E-state index contributed by atoms with van der Waals surface area (Å²) in [5.41, 5.74) is 1.41. The molecule has 0 N–H and O–H groups in total. The Morgan fingerprint density at radius 2 is 2.00 bits per heavy atom. The van der Waals surface area contributed by atoms with Crippen molar-refractivity contribution in [2.75, 3.05) is 7.11 Å². The highest BCUT2D eigenvalue weighted by Crippen LogP contribution is 2.16. The molecule has 0 bridgehead atoms. The van der Waals surface area contributed by atoms with Crippen molar-refractivity contribution in [3.05, 3.63) is 48.2 Å². The van der Waals surface area contributed by atoms with Crippen LogP contribution in [0.4, 0.5) is 4.39 Å². The van der Waals surface area contributed by atoms with Gasteiger partial charge in [-0.1, -0.05) is 0 Å². The van der Waals surface area contributed by atoms with E-state index in [-0.39, 0.29) is 12.2 Å². The molecule has 0 spiro atoms. The van der Waals surface area contributed by atoms with Crippen LogP contribution < -0.4 is 0 Å². The molecule has 4 nitrogen and oxygen atoms in total. The van der Waals surface area contributed by atoms with Gasteiger partial charge in [-0.3, -0.25) is 4.79 Å². The summed E-state index contributed by atoms with van der Waals surface area (Å²) in [5, 5.41) is 0. The van der Waals surface area contributed by atoms with Gasteiger partial charge in [0, 0.05) is 11.8 Å². The number of carbonyl (C=O) groups excluding carboxylic acids is 1. The second kappa shape index (κ2) is 5.35. The summed E-state index contributed by atoms with van der Waals surface area (Å²) in [4.78, 5) is 19.3. The van der Waals surface area contributed by atoms with Crippen LogP contribution in [0.25, 0.3) is 11.3 Å². The number of rotatable bonds is 3. The number of benzene rings is 1. The molecule has 0 aliphatic rings. The summed E-state index contributed by atoms with van der Waals surface area (Å²) in [6, 6.07) is 7.67. The average molecular weight is 246 g/mol. The predicted octanol–water partition coefficient (Wildman–Crippen LogP) is 2.00. The molecular weight excluding hydrogens is 235 g/mol. The lowest BCUT2D eigenvalue weighted by Gasteiger charge is -2.03. The average Bonchev–Trinajstić information content (AvgIpc) is 2.40. The molecule has 2 aromatic rings. The van der Waals surface area contributed by atoms with Crippen molar-refractivity contribution in [1.82, 2.24) is 9.97 Å². The van der Waals surface area contributed by atoms with E-state index in [1.165, 1.54) is 19.2 Å². The van der Waals surface area contributed by atoms with Crippen LogP contribution in [-0.4, -0.2) is 23.0 Å². The van der Waals surface area contributed by atoms with Gasteiger partial charge in [-0.2, -0.15) is 0 Å². The summed E-state index contributed by atoms with van der Waals surface area (Å²) in [6.07, 6.45) is 1.58. The van der Waals surface area contributed by atoms with Crippen LogP contribution in [0.5, 0.6) is 0 Å². The van der Waals surface area contributed by atoms with Gasteiger partial charge in [0.1, 0.15) is 18.1 Å². The van der Waals surface area contributed by atoms with Gasteiger partial charge in [-0.25, -0.2) is 14.4 Å². The van der Waals surface area contributed by atoms with Crippen molar-refractivity contribution in [2.45, 2.75) is 6.42 Å². The molecule has 92 valence electrons. The third-order valence-electron chi connectivity index (χ3n) is 2.38. The third kappa shape index (κ3) is 2.88. The summed E-state index contributed by atoms with van der Waals surface area (Å²) in [5.74, 6) is -0.322. The first-order valence-corrected chi connectivity index (χ1v) is 5.33. The van der Waals surface area contributed by atoms with Crippen molar-refractivity contribution in [2.24, 2.45) is 0 Å². The van der Waals surface area contributed by atoms with Gasteiger partial charge in [-0.15, -0.1) is 0 Å². The van der Waals surface area contributed by atoms with E-state index in [0.717, 1.165) is 5.56 Å². The number of nitrogens with zero attached hydrogens (tertiary/aromatic N) is 2. The zero-order valence-corrected chi connectivity index (χ0v) is 9.76. The van der Waals surface area contributed by atoms with E-state index in [4.69, 9.17) is 0 Å². The summed E-state index contributed by atoms with van der Waals surface area (Å²) in [6.45, 7) is 0. The second-order valence-corrected chi connectivity index (χ2v) is 3.62. The third-order valence-corrected chi connectivity index (χ3v) is 2.38. The molecule has 0 aliphatic carbocycles. The smallest absolute Gasteiger partial charge is 0.313 e. The van der Waals surface area contributed by atoms with Gasteiger partial charge in [0.05, 0.1) is 12.8 Å². The highest BCUT2D eigenvalue weighted by molar-refractivity contribution is 5.71. The van der Waals surface area contributed by atoms with Crippen LogP contribution in [0.1, 0.15) is 5.82 Å². The fourth-order valence-corrected chi connectivity index (χ4v) is 1.47. The van der Waals surface area contributed by atoms with Gasteiger partial charge in [0.15, 0.2) is 0 Å². The largest absolute Gasteiger partial charge is 0.469 e. The summed E-state index contributed by atoms with van der Waals surface area (Å²) < 4.78 is 17.4. The number of halogens is 1. The molecule has 1 heterocycles. The molecule has 0 saturated heterocycles. The van der Waals surface area contributed by atoms with Crippen LogP contribution in [0.2, 0.25) is 0 Å². The zero-order chi connectivity index (χ0) is 13.0. The Labute approximate surface area is 103 Å². The molecule has 1 aromatic carbocycles. The zero-order valence-electron chi connectivity index (χ0n) is 9.76. The van der Waals surface area contributed by atoms with Crippen LogP contribution >= 0.6 is 0 Å². The first kappa shape index (κ1) is 12.2. The van der Waals surface area contributed by atoms with Crippen LogP contribution in [0.15, 0.2) is 36.5 Å². The molecule has 1 aromatic heterocycles. The SMILES string of the molecule is COC(=O)Cc1nccc(-c2ccc(F)cc2)n1. The number of carbonyl (C=O) groups is 1. The van der Waals surface area contributed by atoms with E-state index >= 15 is 0 Å². The van der Waals surface area contributed by atoms with Crippen molar-refractivity contribution >= 4 is 5.97 Å². The highest BCUT2D eigenvalue weighted by atomic mass is 19.1. The van der Waals surface area contributed by atoms with Crippen LogP contribution in [-0.2, 0) is 16.0 Å². The fraction of sp³-hybridized carbons (Fsp3) is 0.154. The molecule has 0 unspecified atom stereocenters. The maximum atomic E-state index is 12.8. The van der Waals surface area contributed by atoms with E-state index in [1.54, 1.807) is 24.4 Å². The van der Waals surface area contributed by atoms with E-state index < -0.39 is 5.97 Å². The quantitative estimate of drug-likeness (QED) is 0.777. The Balaban J connectivity index is 2.26. The molecule has 0 amide bonds. The number of esters is 1. The van der Waals surface area contributed by atoms with Crippen LogP contribution in [0.3, 0.4) is 0 Å². The molecule has 0 atom stereocenters. The Hall–Kier alpha value is -2.30. The molecule has 0 fully saturated rings. The van der Waals surface area contributed by atoms with Crippen molar-refractivity contribution < 1.29 is 13.9 Å². The normalized spacial score (nSPS) is 10.1. The van der Waals surface area contributed by atoms with Crippen molar-refractivity contribution in [1.29, 1.82) is 0 Å². The van der Waals surface area contributed by atoms with Gasteiger partial charge in [0.25, 0.3) is 0 Å². The van der Waals surface area contributed by atoms with E-state index in [1.807, 2.05) is 0 Å². The lowest BCUT2D eigenvalue weighted by molar-refractivity contribution is -0.139. The molecule has 18 heavy (non-hydrogen) atoms. The van der Waals surface area contributed by atoms with Gasteiger partial charge in [0.2, 0.25) is 0 Å². The molecule has 0 aliphatic heterocycles. The molecule has 2 rings (SSSR count). The van der Waals surface area contributed by atoms with E-state index in [9.17, 15) is 9.18 Å². The number of hydrogen-bond acceptors (Lipinski definition) is 4. The number of hydrogen-bond donors (Lipinski definition) is 0. The number of methoxy groups -OCH3 is 1. The fourth-order valence-electron chi connectivity index (χ4n) is 1.47. The van der Waals surface area contributed by atoms with Crippen molar-refractivity contribution in [3.8, 4) is 11.3 Å². The Bertz CT molecular complexity index is 555. The molecule has 5 heteroatoms. The highest BCUT2D eigenvalue weighted by Gasteiger charge is 2.07. The Morgan fingerprint density at radius 1 is 1.28 bits per heavy atom. The lowest BCUT2D eigenvalue weighted by atomic mass is 10.1. The minimum atomic E-state index is -0.397. The second-order valence-electron chi connectivity index (χ2n) is 3.62. The number of ether oxygens (including phenoxy) is 1. The van der Waals surface area contributed by atoms with Gasteiger partial charge < -0.3 is 4.74 Å². The Kier molecular flexibility index (Phi) is 3.62. The standard InChI is InChI=1S/C13H11FN2O2/c1-18-13(17)8-12-15-7-6-11(16-12)9-2-4-10(14)5-3-9/h2-7H,8H2,1H3. The van der Waals surface area contributed by atoms with Gasteiger partial charge in [-0.05, 0) is 30.3 Å². The maximum absolute atomic E-state index is 12.8. The minimum Gasteiger partial charge on any atom is -0.469 e. The lowest BCUT2D eigenvalue weighted by Crippen LogP contribution is -2.08. The van der Waals surface area contributed by atoms with E-state index in [0.29, 0.717) is 11.5 Å². The monoisotopic (exact) mass is 246 g/mol. The first-order valence-electron chi connectivity index (χ1n) is 5.33. The van der Waals surface area contributed by atoms with Gasteiger partial charge >= 0.3 is 5.97 Å². The Morgan fingerprint density at radius 3 is 2.67 bits per heavy atom. The van der Waals surface area contributed by atoms with Crippen LogP contribution in [0, 0.1) is 5.82 Å². The summed E-state index contributed by atoms with van der Waals surface area (Å²) in [7, 11) is 1.31. The molecule has 0 saturated carbocycles.